The van der Waals surface area contributed by atoms with Gasteiger partial charge in [-0.2, -0.15) is 0 Å². The van der Waals surface area contributed by atoms with Crippen molar-refractivity contribution >= 4 is 0 Å². The van der Waals surface area contributed by atoms with E-state index < -0.39 is 0 Å². The molecule has 0 amide bonds. The molecule has 0 radical (unpaired) electrons. The number of unbranched alkanes of at least 4 members (excludes halogenated alkanes) is 2. The van der Waals surface area contributed by atoms with Crippen LogP contribution in [0.5, 0.6) is 0 Å². The minimum absolute atomic E-state index is 1.12. The van der Waals surface area contributed by atoms with Gasteiger partial charge in [-0.3, -0.25) is 0 Å². The summed E-state index contributed by atoms with van der Waals surface area (Å²) in [6.07, 6.45) is 11.8. The fourth-order valence-electron chi connectivity index (χ4n) is 1.23. The molecule has 0 aromatic rings. The summed E-state index contributed by atoms with van der Waals surface area (Å²) in [5.41, 5.74) is 1.62. The molecular weight excluding hydrogens is 144 g/mol. The SMILES string of the molecule is C=CCCC=C(CC)CCCC. The monoisotopic (exact) mass is 166 g/mol. The van der Waals surface area contributed by atoms with Crippen LogP contribution in [0.3, 0.4) is 0 Å². The van der Waals surface area contributed by atoms with E-state index in [-0.39, 0.29) is 0 Å². The van der Waals surface area contributed by atoms with E-state index in [0.29, 0.717) is 0 Å². The molecule has 0 rings (SSSR count). The smallest absolute Gasteiger partial charge is 0.0313 e. The van der Waals surface area contributed by atoms with Gasteiger partial charge in [-0.1, -0.05) is 38.0 Å². The van der Waals surface area contributed by atoms with Gasteiger partial charge in [-0.15, -0.1) is 6.58 Å². The summed E-state index contributed by atoms with van der Waals surface area (Å²) in [4.78, 5) is 0. The Hall–Kier alpha value is -0.520. The molecule has 0 unspecified atom stereocenters. The lowest BCUT2D eigenvalue weighted by Gasteiger charge is -2.02. The van der Waals surface area contributed by atoms with Crippen LogP contribution in [0.4, 0.5) is 0 Å². The van der Waals surface area contributed by atoms with Crippen LogP contribution in [0, 0.1) is 0 Å². The molecule has 0 N–H and O–H groups in total. The van der Waals surface area contributed by atoms with Crippen molar-refractivity contribution in [2.24, 2.45) is 0 Å². The molecule has 0 aromatic heterocycles. The van der Waals surface area contributed by atoms with Crippen molar-refractivity contribution in [2.45, 2.75) is 52.4 Å². The Kier molecular flexibility index (Phi) is 8.20. The molecule has 0 saturated heterocycles. The highest BCUT2D eigenvalue weighted by Crippen LogP contribution is 2.12. The zero-order valence-corrected chi connectivity index (χ0v) is 8.60. The molecule has 0 aromatic carbocycles. The van der Waals surface area contributed by atoms with E-state index in [1.165, 1.54) is 32.1 Å². The van der Waals surface area contributed by atoms with E-state index in [0.717, 1.165) is 6.42 Å². The van der Waals surface area contributed by atoms with E-state index in [2.05, 4.69) is 26.5 Å². The Balaban J connectivity index is 3.62. The molecule has 0 aliphatic heterocycles. The van der Waals surface area contributed by atoms with E-state index in [1.807, 2.05) is 6.08 Å². The van der Waals surface area contributed by atoms with Gasteiger partial charge in [0.25, 0.3) is 0 Å². The van der Waals surface area contributed by atoms with Crippen molar-refractivity contribution in [2.75, 3.05) is 0 Å². The summed E-state index contributed by atoms with van der Waals surface area (Å²) in [5.74, 6) is 0. The quantitative estimate of drug-likeness (QED) is 0.386. The summed E-state index contributed by atoms with van der Waals surface area (Å²) in [7, 11) is 0. The van der Waals surface area contributed by atoms with Crippen LogP contribution < -0.4 is 0 Å². The first kappa shape index (κ1) is 11.5. The second-order valence-corrected chi connectivity index (χ2v) is 3.19. The third-order valence-corrected chi connectivity index (χ3v) is 2.11. The summed E-state index contributed by atoms with van der Waals surface area (Å²) in [6, 6.07) is 0. The molecular formula is C12H22. The average Bonchev–Trinajstić information content (AvgIpc) is 2.11. The van der Waals surface area contributed by atoms with Gasteiger partial charge in [0.2, 0.25) is 0 Å². The van der Waals surface area contributed by atoms with Crippen LogP contribution in [0.25, 0.3) is 0 Å². The number of hydrogen-bond donors (Lipinski definition) is 0. The Morgan fingerprint density at radius 2 is 2.00 bits per heavy atom. The van der Waals surface area contributed by atoms with E-state index in [4.69, 9.17) is 0 Å². The zero-order valence-electron chi connectivity index (χ0n) is 8.60. The normalized spacial score (nSPS) is 11.7. The lowest BCUT2D eigenvalue weighted by Crippen LogP contribution is -1.82. The van der Waals surface area contributed by atoms with Gasteiger partial charge in [0.1, 0.15) is 0 Å². The van der Waals surface area contributed by atoms with Gasteiger partial charge in [0.05, 0.1) is 0 Å². The van der Waals surface area contributed by atoms with Crippen LogP contribution in [0.2, 0.25) is 0 Å². The lowest BCUT2D eigenvalue weighted by atomic mass is 10.0. The highest BCUT2D eigenvalue weighted by Gasteiger charge is 1.92. The van der Waals surface area contributed by atoms with Crippen molar-refractivity contribution in [3.8, 4) is 0 Å². The minimum atomic E-state index is 1.12. The van der Waals surface area contributed by atoms with Crippen molar-refractivity contribution in [3.63, 3.8) is 0 Å². The average molecular weight is 166 g/mol. The van der Waals surface area contributed by atoms with E-state index in [1.54, 1.807) is 5.57 Å². The third-order valence-electron chi connectivity index (χ3n) is 2.11. The van der Waals surface area contributed by atoms with Gasteiger partial charge in [0.15, 0.2) is 0 Å². The summed E-state index contributed by atoms with van der Waals surface area (Å²) in [5, 5.41) is 0. The molecule has 0 heterocycles. The van der Waals surface area contributed by atoms with Crippen LogP contribution in [-0.2, 0) is 0 Å². The largest absolute Gasteiger partial charge is 0.103 e. The van der Waals surface area contributed by atoms with Gasteiger partial charge in [0, 0.05) is 0 Å². The molecule has 0 heteroatoms. The molecule has 0 nitrogen and oxygen atoms in total. The van der Waals surface area contributed by atoms with E-state index in [9.17, 15) is 0 Å². The number of allylic oxidation sites excluding steroid dienone is 3. The topological polar surface area (TPSA) is 0 Å². The Morgan fingerprint density at radius 3 is 2.50 bits per heavy atom. The van der Waals surface area contributed by atoms with Crippen LogP contribution in [0.1, 0.15) is 52.4 Å². The van der Waals surface area contributed by atoms with Crippen molar-refractivity contribution in [1.82, 2.24) is 0 Å². The highest BCUT2D eigenvalue weighted by atomic mass is 14.0. The molecule has 0 spiro atoms. The fourth-order valence-corrected chi connectivity index (χ4v) is 1.23. The van der Waals surface area contributed by atoms with Gasteiger partial charge >= 0.3 is 0 Å². The Bertz CT molecular complexity index is 131. The molecule has 12 heavy (non-hydrogen) atoms. The van der Waals surface area contributed by atoms with Gasteiger partial charge < -0.3 is 0 Å². The first-order chi connectivity index (χ1) is 5.85. The van der Waals surface area contributed by atoms with Gasteiger partial charge in [-0.05, 0) is 32.1 Å². The second-order valence-electron chi connectivity index (χ2n) is 3.19. The standard InChI is InChI=1S/C12H22/c1-4-7-9-11-12(6-3)10-8-5-2/h4,11H,1,5-10H2,2-3H3. The number of hydrogen-bond acceptors (Lipinski definition) is 0. The maximum atomic E-state index is 3.72. The molecule has 0 aliphatic carbocycles. The van der Waals surface area contributed by atoms with Crippen LogP contribution >= 0.6 is 0 Å². The second kappa shape index (κ2) is 8.58. The molecule has 70 valence electrons. The van der Waals surface area contributed by atoms with Crippen LogP contribution in [-0.4, -0.2) is 0 Å². The summed E-state index contributed by atoms with van der Waals surface area (Å²) >= 11 is 0. The molecule has 0 fully saturated rings. The first-order valence-corrected chi connectivity index (χ1v) is 5.13. The molecule has 0 aliphatic rings. The molecule has 0 bridgehead atoms. The lowest BCUT2D eigenvalue weighted by molar-refractivity contribution is 0.760. The number of rotatable bonds is 7. The Labute approximate surface area is 77.4 Å². The minimum Gasteiger partial charge on any atom is -0.103 e. The predicted octanol–water partition coefficient (Wildman–Crippen LogP) is 4.48. The van der Waals surface area contributed by atoms with E-state index >= 15 is 0 Å². The van der Waals surface area contributed by atoms with Crippen molar-refractivity contribution < 1.29 is 0 Å². The summed E-state index contributed by atoms with van der Waals surface area (Å²) in [6.45, 7) is 8.21. The predicted molar refractivity (Wildman–Crippen MR) is 57.3 cm³/mol. The van der Waals surface area contributed by atoms with Crippen molar-refractivity contribution in [3.05, 3.63) is 24.3 Å². The van der Waals surface area contributed by atoms with Gasteiger partial charge in [-0.25, -0.2) is 0 Å². The Morgan fingerprint density at radius 1 is 1.25 bits per heavy atom. The highest BCUT2D eigenvalue weighted by molar-refractivity contribution is 5.01. The fraction of sp³-hybridized carbons (Fsp3) is 0.667. The first-order valence-electron chi connectivity index (χ1n) is 5.13. The zero-order chi connectivity index (χ0) is 9.23. The molecule has 0 atom stereocenters. The van der Waals surface area contributed by atoms with Crippen molar-refractivity contribution in [1.29, 1.82) is 0 Å². The van der Waals surface area contributed by atoms with Crippen LogP contribution in [0.15, 0.2) is 24.3 Å². The third kappa shape index (κ3) is 6.21. The maximum absolute atomic E-state index is 3.72. The summed E-state index contributed by atoms with van der Waals surface area (Å²) < 4.78 is 0. The maximum Gasteiger partial charge on any atom is -0.0313 e. The molecule has 0 saturated carbocycles.